The summed E-state index contributed by atoms with van der Waals surface area (Å²) in [4.78, 5) is 45.2. The van der Waals surface area contributed by atoms with E-state index in [-0.39, 0.29) is 46.8 Å². The molecular formula is C54H77BN4O11Si. The van der Waals surface area contributed by atoms with E-state index < -0.39 is 32.7 Å². The lowest BCUT2D eigenvalue weighted by atomic mass is 9.79. The minimum Gasteiger partial charge on any atom is -0.493 e. The Hall–Kier alpha value is -5.49. The lowest BCUT2D eigenvalue weighted by Gasteiger charge is -2.38. The first-order valence-corrected chi connectivity index (χ1v) is 27.7. The van der Waals surface area contributed by atoms with E-state index in [1.54, 1.807) is 34.1 Å². The van der Waals surface area contributed by atoms with Gasteiger partial charge in [-0.15, -0.1) is 0 Å². The third-order valence-electron chi connectivity index (χ3n) is 14.7. The topological polar surface area (TPSA) is 170 Å². The zero-order chi connectivity index (χ0) is 52.1. The van der Waals surface area contributed by atoms with Crippen LogP contribution in [0.4, 0.5) is 16.2 Å². The van der Waals surface area contributed by atoms with Gasteiger partial charge in [0.2, 0.25) is 0 Å². The van der Waals surface area contributed by atoms with Crippen LogP contribution in [0.3, 0.4) is 0 Å². The number of ether oxygens (including phenoxy) is 5. The van der Waals surface area contributed by atoms with E-state index in [4.69, 9.17) is 43.2 Å². The van der Waals surface area contributed by atoms with Crippen LogP contribution in [0.1, 0.15) is 120 Å². The molecule has 3 N–H and O–H groups in total. The molecule has 3 aromatic carbocycles. The van der Waals surface area contributed by atoms with E-state index in [9.17, 15) is 14.4 Å². The van der Waals surface area contributed by atoms with Gasteiger partial charge in [0.05, 0.1) is 68.1 Å². The molecule has 2 atom stereocenters. The molecule has 3 amide bonds. The number of benzene rings is 3. The minimum atomic E-state index is -2.03. The maximum atomic E-state index is 14.2. The molecule has 71 heavy (non-hydrogen) atoms. The highest BCUT2D eigenvalue weighted by atomic mass is 28.4. The Kier molecular flexibility index (Phi) is 17.4. The highest BCUT2D eigenvalue weighted by molar-refractivity contribution is 6.74. The molecule has 0 bridgehead atoms. The van der Waals surface area contributed by atoms with E-state index in [1.807, 2.05) is 58.9 Å². The molecule has 0 spiro atoms. The molecule has 0 radical (unpaired) electrons. The fraction of sp³-hybridized carbons (Fsp3) is 0.537. The van der Waals surface area contributed by atoms with Crippen molar-refractivity contribution in [3.8, 4) is 23.0 Å². The van der Waals surface area contributed by atoms with E-state index in [0.717, 1.165) is 35.0 Å². The molecule has 6 rings (SSSR count). The second-order valence-electron chi connectivity index (χ2n) is 21.5. The second kappa shape index (κ2) is 22.5. The molecular weight excluding hydrogens is 920 g/mol. The summed E-state index contributed by atoms with van der Waals surface area (Å²) in [5, 5.41) is 2.86. The van der Waals surface area contributed by atoms with Crippen molar-refractivity contribution in [1.29, 1.82) is 0 Å². The van der Waals surface area contributed by atoms with Gasteiger partial charge in [0.15, 0.2) is 31.3 Å². The number of unbranched alkanes of at least 4 members (excludes halogenated alkanes) is 2. The number of rotatable bonds is 20. The average molecular weight is 997 g/mol. The molecule has 3 saturated heterocycles. The maximum absolute atomic E-state index is 14.2. The molecule has 3 fully saturated rings. The quantitative estimate of drug-likeness (QED) is 0.0476. The lowest BCUT2D eigenvalue weighted by molar-refractivity contribution is 0.00578. The summed E-state index contributed by atoms with van der Waals surface area (Å²) in [6.07, 6.45) is 3.50. The number of carbonyl (C=O) groups is 3. The summed E-state index contributed by atoms with van der Waals surface area (Å²) in [7, 11) is 0.503. The average Bonchev–Trinajstić information content (AvgIpc) is 3.96. The van der Waals surface area contributed by atoms with Gasteiger partial charge in [-0.05, 0) is 108 Å². The molecule has 15 nitrogen and oxygen atoms in total. The number of nitrogens with one attached hydrogen (secondary N) is 1. The fourth-order valence-corrected chi connectivity index (χ4v) is 9.55. The summed E-state index contributed by atoms with van der Waals surface area (Å²) in [6.45, 7) is 31.4. The maximum Gasteiger partial charge on any atom is 0.494 e. The molecule has 17 heteroatoms. The van der Waals surface area contributed by atoms with Crippen LogP contribution in [-0.4, -0.2) is 114 Å². The summed E-state index contributed by atoms with van der Waals surface area (Å²) < 4.78 is 48.3. The normalized spacial score (nSPS) is 18.7. The Bertz CT molecular complexity index is 2420. The van der Waals surface area contributed by atoms with Crippen molar-refractivity contribution < 1.29 is 51.8 Å². The van der Waals surface area contributed by atoms with Crippen molar-refractivity contribution in [2.45, 2.75) is 142 Å². The Morgan fingerprint density at radius 1 is 0.789 bits per heavy atom. The molecule has 386 valence electrons. The first kappa shape index (κ1) is 54.8. The highest BCUT2D eigenvalue weighted by Crippen LogP contribution is 2.40. The van der Waals surface area contributed by atoms with Gasteiger partial charge in [0, 0.05) is 37.0 Å². The Balaban J connectivity index is 1.05. The molecule has 3 heterocycles. The van der Waals surface area contributed by atoms with Crippen LogP contribution in [-0.2, 0) is 25.1 Å². The third-order valence-corrected chi connectivity index (χ3v) is 19.2. The van der Waals surface area contributed by atoms with E-state index >= 15 is 0 Å². The number of methoxy groups -OCH3 is 2. The van der Waals surface area contributed by atoms with E-state index in [2.05, 4.69) is 52.3 Å². The molecule has 0 aliphatic carbocycles. The van der Waals surface area contributed by atoms with Crippen LogP contribution in [0.25, 0.3) is 0 Å². The predicted molar refractivity (Wildman–Crippen MR) is 282 cm³/mol. The van der Waals surface area contributed by atoms with Crippen LogP contribution in [0.5, 0.6) is 23.0 Å². The van der Waals surface area contributed by atoms with Crippen LogP contribution < -0.4 is 35.5 Å². The monoisotopic (exact) mass is 997 g/mol. The molecule has 3 aromatic rings. The van der Waals surface area contributed by atoms with Crippen molar-refractivity contribution in [1.82, 2.24) is 9.80 Å². The van der Waals surface area contributed by atoms with Gasteiger partial charge < -0.3 is 53.0 Å². The number of anilines is 2. The SMILES string of the molecule is C=C1C[C@@H](CO[Si](C)(C)C(C)(C)C)N(C(=O)c2cc(OC)c(OCCCCCOc3cc(NC(=O)OCc4ccc(B5OC(C)(C)C(C)(C)O5)cc4)c(C(=O)N4CC(=C)C[C@H]4CC)cc3OC)cc2N)C1. The van der Waals surface area contributed by atoms with Gasteiger partial charge in [-0.2, -0.15) is 0 Å². The van der Waals surface area contributed by atoms with Gasteiger partial charge >= 0.3 is 13.2 Å². The van der Waals surface area contributed by atoms with Gasteiger partial charge in [-0.25, -0.2) is 4.79 Å². The zero-order valence-corrected chi connectivity index (χ0v) is 45.2. The number of nitrogen functional groups attached to an aromatic ring is 1. The number of amides is 3. The summed E-state index contributed by atoms with van der Waals surface area (Å²) in [6, 6.07) is 13.9. The van der Waals surface area contributed by atoms with Crippen LogP contribution in [0, 0.1) is 0 Å². The molecule has 0 saturated carbocycles. The van der Waals surface area contributed by atoms with Crippen molar-refractivity contribution in [2.75, 3.05) is 58.2 Å². The highest BCUT2D eigenvalue weighted by Gasteiger charge is 2.51. The smallest absolute Gasteiger partial charge is 0.493 e. The second-order valence-corrected chi connectivity index (χ2v) is 26.3. The number of nitrogens with two attached hydrogens (primary N) is 1. The first-order chi connectivity index (χ1) is 33.4. The zero-order valence-electron chi connectivity index (χ0n) is 44.2. The van der Waals surface area contributed by atoms with Crippen molar-refractivity contribution >= 4 is 50.2 Å². The first-order valence-electron chi connectivity index (χ1n) is 24.8. The number of hydrogen-bond donors (Lipinski definition) is 2. The molecule has 3 aliphatic heterocycles. The number of carbonyl (C=O) groups excluding carboxylic acids is 3. The van der Waals surface area contributed by atoms with Crippen LogP contribution >= 0.6 is 0 Å². The van der Waals surface area contributed by atoms with Crippen LogP contribution in [0.2, 0.25) is 18.1 Å². The predicted octanol–water partition coefficient (Wildman–Crippen LogP) is 9.94. The Morgan fingerprint density at radius 3 is 1.86 bits per heavy atom. The largest absolute Gasteiger partial charge is 0.494 e. The van der Waals surface area contributed by atoms with Gasteiger partial charge in [-0.3, -0.25) is 14.9 Å². The summed E-state index contributed by atoms with van der Waals surface area (Å²) in [5.74, 6) is 1.10. The lowest BCUT2D eigenvalue weighted by Crippen LogP contribution is -2.46. The fourth-order valence-electron chi connectivity index (χ4n) is 8.51. The van der Waals surface area contributed by atoms with Gasteiger partial charge in [0.1, 0.15) is 6.61 Å². The molecule has 0 aromatic heterocycles. The van der Waals surface area contributed by atoms with Gasteiger partial charge in [-0.1, -0.05) is 76.3 Å². The van der Waals surface area contributed by atoms with E-state index in [0.29, 0.717) is 92.8 Å². The Labute approximate surface area is 422 Å². The minimum absolute atomic E-state index is 0.0128. The van der Waals surface area contributed by atoms with Gasteiger partial charge in [0.25, 0.3) is 11.8 Å². The standard InChI is InChI=1S/C54H77BN4O11Si/c1-15-39-25-35(2)31-58(39)50(61)42-28-46(64-12)48(30-44(42)57-51(62)67-33-37-19-21-38(22-20-37)55-69-53(7,8)54(9,10)70-55)66-24-18-16-17-23-65-47-29-43(56)41(27-45(47)63-11)49(60)59-32-36(3)26-40(59)34-68-71(13,14)52(4,5)6/h19-22,27-30,39-40H,2-3,15-18,23-26,31-34,56H2,1,4-14H3,(H,57,62)/t39-,40+/m1/s1. The number of likely N-dealkylation sites (tertiary alicyclic amines) is 2. The third kappa shape index (κ3) is 13.0. The number of hydrogen-bond acceptors (Lipinski definition) is 12. The molecule has 3 aliphatic rings. The molecule has 0 unspecified atom stereocenters. The van der Waals surface area contributed by atoms with Crippen molar-refractivity contribution in [3.63, 3.8) is 0 Å². The van der Waals surface area contributed by atoms with E-state index in [1.165, 1.54) is 14.2 Å². The summed E-state index contributed by atoms with van der Waals surface area (Å²) >= 11 is 0. The summed E-state index contributed by atoms with van der Waals surface area (Å²) in [5.41, 5.74) is 10.3. The van der Waals surface area contributed by atoms with Crippen molar-refractivity contribution in [3.05, 3.63) is 89.5 Å². The number of nitrogens with zero attached hydrogens (tertiary/aromatic N) is 2. The van der Waals surface area contributed by atoms with Crippen LogP contribution in [0.15, 0.2) is 72.8 Å². The van der Waals surface area contributed by atoms with Crippen molar-refractivity contribution in [2.24, 2.45) is 0 Å². The Morgan fingerprint density at radius 2 is 1.31 bits per heavy atom.